The zero-order valence-corrected chi connectivity index (χ0v) is 11.2. The molecule has 3 aromatic rings. The zero-order valence-electron chi connectivity index (χ0n) is 11.2. The van der Waals surface area contributed by atoms with Crippen LogP contribution in [0.5, 0.6) is 0 Å². The lowest BCUT2D eigenvalue weighted by Crippen LogP contribution is -2.07. The van der Waals surface area contributed by atoms with Gasteiger partial charge in [0.1, 0.15) is 11.6 Å². The molecule has 0 saturated heterocycles. The maximum absolute atomic E-state index is 5.76. The molecule has 0 aliphatic rings. The Morgan fingerprint density at radius 3 is 2.70 bits per heavy atom. The fourth-order valence-corrected chi connectivity index (χ4v) is 2.16. The molecule has 2 N–H and O–H groups in total. The summed E-state index contributed by atoms with van der Waals surface area (Å²) in [5, 5.41) is 0. The molecule has 0 spiro atoms. The second kappa shape index (κ2) is 5.13. The summed E-state index contributed by atoms with van der Waals surface area (Å²) >= 11 is 0. The Kier molecular flexibility index (Phi) is 3.16. The van der Waals surface area contributed by atoms with Crippen LogP contribution in [-0.4, -0.2) is 19.5 Å². The van der Waals surface area contributed by atoms with Gasteiger partial charge in [0.2, 0.25) is 0 Å². The first-order valence-corrected chi connectivity index (χ1v) is 6.39. The number of hydrogen-bond acceptors (Lipinski definition) is 4. The van der Waals surface area contributed by atoms with Crippen molar-refractivity contribution < 1.29 is 0 Å². The topological polar surface area (TPSA) is 69.6 Å². The van der Waals surface area contributed by atoms with E-state index in [1.807, 2.05) is 48.0 Å². The standard InChI is InChI=1S/C15H15N5/c1-11-9-13(16)19-14(18-11)10-20-8-7-17-15(20)12-5-3-2-4-6-12/h2-9H,10H2,1H3,(H2,16,18,19). The monoisotopic (exact) mass is 265 g/mol. The number of aryl methyl sites for hydroxylation is 1. The van der Waals surface area contributed by atoms with E-state index in [-0.39, 0.29) is 0 Å². The molecule has 0 unspecified atom stereocenters. The molecule has 5 nitrogen and oxygen atoms in total. The van der Waals surface area contributed by atoms with Crippen molar-refractivity contribution in [1.29, 1.82) is 0 Å². The van der Waals surface area contributed by atoms with Crippen LogP contribution < -0.4 is 5.73 Å². The van der Waals surface area contributed by atoms with E-state index in [4.69, 9.17) is 5.73 Å². The normalized spacial score (nSPS) is 10.7. The quantitative estimate of drug-likeness (QED) is 0.788. The summed E-state index contributed by atoms with van der Waals surface area (Å²) in [6, 6.07) is 11.8. The van der Waals surface area contributed by atoms with Crippen molar-refractivity contribution in [2.75, 3.05) is 5.73 Å². The minimum absolute atomic E-state index is 0.494. The number of hydrogen-bond donors (Lipinski definition) is 1. The minimum Gasteiger partial charge on any atom is -0.384 e. The molecular formula is C15H15N5. The van der Waals surface area contributed by atoms with Gasteiger partial charge in [0.25, 0.3) is 0 Å². The number of nitrogen functional groups attached to an aromatic ring is 1. The van der Waals surface area contributed by atoms with Crippen LogP contribution >= 0.6 is 0 Å². The third kappa shape index (κ3) is 2.51. The average molecular weight is 265 g/mol. The number of rotatable bonds is 3. The van der Waals surface area contributed by atoms with Crippen molar-refractivity contribution in [3.05, 3.63) is 60.3 Å². The summed E-state index contributed by atoms with van der Waals surface area (Å²) in [5.41, 5.74) is 7.70. The second-order valence-electron chi connectivity index (χ2n) is 4.60. The van der Waals surface area contributed by atoms with Gasteiger partial charge in [-0.25, -0.2) is 15.0 Å². The number of nitrogens with two attached hydrogens (primary N) is 1. The Morgan fingerprint density at radius 2 is 1.95 bits per heavy atom. The van der Waals surface area contributed by atoms with Crippen molar-refractivity contribution in [3.63, 3.8) is 0 Å². The van der Waals surface area contributed by atoms with E-state index in [2.05, 4.69) is 15.0 Å². The van der Waals surface area contributed by atoms with Crippen molar-refractivity contribution >= 4 is 5.82 Å². The highest BCUT2D eigenvalue weighted by Gasteiger charge is 2.08. The summed E-state index contributed by atoms with van der Waals surface area (Å²) < 4.78 is 2.02. The van der Waals surface area contributed by atoms with Crippen molar-refractivity contribution in [1.82, 2.24) is 19.5 Å². The molecule has 1 aromatic carbocycles. The molecule has 2 heterocycles. The number of aromatic nitrogens is 4. The molecule has 2 aromatic heterocycles. The first-order chi connectivity index (χ1) is 9.72. The lowest BCUT2D eigenvalue weighted by atomic mass is 10.2. The van der Waals surface area contributed by atoms with Crippen LogP contribution in [0.25, 0.3) is 11.4 Å². The maximum Gasteiger partial charge on any atom is 0.150 e. The second-order valence-corrected chi connectivity index (χ2v) is 4.60. The van der Waals surface area contributed by atoms with Gasteiger partial charge in [-0.2, -0.15) is 0 Å². The first-order valence-electron chi connectivity index (χ1n) is 6.39. The third-order valence-electron chi connectivity index (χ3n) is 2.98. The van der Waals surface area contributed by atoms with Gasteiger partial charge in [-0.15, -0.1) is 0 Å². The summed E-state index contributed by atoms with van der Waals surface area (Å²) in [7, 11) is 0. The molecule has 0 aliphatic heterocycles. The Morgan fingerprint density at radius 1 is 1.15 bits per heavy atom. The van der Waals surface area contributed by atoms with Crippen LogP contribution in [0.1, 0.15) is 11.5 Å². The highest BCUT2D eigenvalue weighted by molar-refractivity contribution is 5.55. The fourth-order valence-electron chi connectivity index (χ4n) is 2.16. The molecule has 0 aliphatic carbocycles. The van der Waals surface area contributed by atoms with E-state index in [1.165, 1.54) is 0 Å². The van der Waals surface area contributed by atoms with Gasteiger partial charge >= 0.3 is 0 Å². The molecule has 100 valence electrons. The molecule has 0 bridgehead atoms. The first kappa shape index (κ1) is 12.3. The Balaban J connectivity index is 1.94. The molecule has 0 saturated carbocycles. The van der Waals surface area contributed by atoms with Gasteiger partial charge in [-0.1, -0.05) is 30.3 Å². The molecule has 0 radical (unpaired) electrons. The maximum atomic E-state index is 5.76. The highest BCUT2D eigenvalue weighted by Crippen LogP contribution is 2.17. The van der Waals surface area contributed by atoms with E-state index in [0.29, 0.717) is 18.2 Å². The van der Waals surface area contributed by atoms with Gasteiger partial charge in [0.15, 0.2) is 5.82 Å². The van der Waals surface area contributed by atoms with Crippen LogP contribution in [0.3, 0.4) is 0 Å². The van der Waals surface area contributed by atoms with Crippen molar-refractivity contribution in [3.8, 4) is 11.4 Å². The van der Waals surface area contributed by atoms with Crippen LogP contribution in [0.2, 0.25) is 0 Å². The van der Waals surface area contributed by atoms with Gasteiger partial charge in [-0.05, 0) is 6.92 Å². The molecule has 0 atom stereocenters. The summed E-state index contributed by atoms with van der Waals surface area (Å²) in [4.78, 5) is 13.1. The Bertz CT molecular complexity index is 698. The lowest BCUT2D eigenvalue weighted by Gasteiger charge is -2.08. The van der Waals surface area contributed by atoms with Crippen molar-refractivity contribution in [2.45, 2.75) is 13.5 Å². The smallest absolute Gasteiger partial charge is 0.150 e. The Labute approximate surface area is 117 Å². The lowest BCUT2D eigenvalue weighted by molar-refractivity contribution is 0.747. The Hall–Kier alpha value is -2.69. The van der Waals surface area contributed by atoms with Crippen LogP contribution in [0.15, 0.2) is 48.8 Å². The predicted molar refractivity (Wildman–Crippen MR) is 77.9 cm³/mol. The molecule has 0 amide bonds. The number of nitrogens with zero attached hydrogens (tertiary/aromatic N) is 4. The molecular weight excluding hydrogens is 250 g/mol. The van der Waals surface area contributed by atoms with E-state index >= 15 is 0 Å². The SMILES string of the molecule is Cc1cc(N)nc(Cn2ccnc2-c2ccccc2)n1. The molecule has 5 heteroatoms. The van der Waals surface area contributed by atoms with E-state index in [1.54, 1.807) is 12.3 Å². The number of anilines is 1. The van der Waals surface area contributed by atoms with Gasteiger partial charge in [0, 0.05) is 29.7 Å². The van der Waals surface area contributed by atoms with E-state index < -0.39 is 0 Å². The van der Waals surface area contributed by atoms with Gasteiger partial charge < -0.3 is 10.3 Å². The largest absolute Gasteiger partial charge is 0.384 e. The highest BCUT2D eigenvalue weighted by atomic mass is 15.1. The minimum atomic E-state index is 0.494. The average Bonchev–Trinajstić information content (AvgIpc) is 2.86. The van der Waals surface area contributed by atoms with Crippen molar-refractivity contribution in [2.24, 2.45) is 0 Å². The van der Waals surface area contributed by atoms with E-state index in [9.17, 15) is 0 Å². The predicted octanol–water partition coefficient (Wildman–Crippen LogP) is 2.28. The number of benzene rings is 1. The number of imidazole rings is 1. The summed E-state index contributed by atoms with van der Waals surface area (Å²) in [6.07, 6.45) is 3.70. The molecule has 20 heavy (non-hydrogen) atoms. The van der Waals surface area contributed by atoms with Crippen LogP contribution in [0.4, 0.5) is 5.82 Å². The van der Waals surface area contributed by atoms with E-state index in [0.717, 1.165) is 17.1 Å². The van der Waals surface area contributed by atoms with Gasteiger partial charge in [-0.3, -0.25) is 0 Å². The third-order valence-corrected chi connectivity index (χ3v) is 2.98. The summed E-state index contributed by atoms with van der Waals surface area (Å²) in [5.74, 6) is 2.08. The zero-order chi connectivity index (χ0) is 13.9. The van der Waals surface area contributed by atoms with Crippen LogP contribution in [-0.2, 0) is 6.54 Å². The van der Waals surface area contributed by atoms with Crippen LogP contribution in [0, 0.1) is 6.92 Å². The summed E-state index contributed by atoms with van der Waals surface area (Å²) in [6.45, 7) is 2.46. The molecule has 0 fully saturated rings. The fraction of sp³-hybridized carbons (Fsp3) is 0.133. The molecule has 3 rings (SSSR count). The van der Waals surface area contributed by atoms with Gasteiger partial charge in [0.05, 0.1) is 6.54 Å².